The van der Waals surface area contributed by atoms with Gasteiger partial charge in [0.15, 0.2) is 0 Å². The molecule has 0 N–H and O–H groups in total. The van der Waals surface area contributed by atoms with Gasteiger partial charge in [0.25, 0.3) is 0 Å². The van der Waals surface area contributed by atoms with Gasteiger partial charge in [0.05, 0.1) is 11.3 Å². The lowest BCUT2D eigenvalue weighted by Crippen LogP contribution is -2.50. The van der Waals surface area contributed by atoms with Gasteiger partial charge in [-0.05, 0) is 43.6 Å². The zero-order valence-corrected chi connectivity index (χ0v) is 20.7. The molecule has 3 heterocycles. The molecule has 2 saturated carbocycles. The van der Waals surface area contributed by atoms with E-state index in [1.165, 1.54) is 19.2 Å². The molecule has 0 spiro atoms. The fourth-order valence-electron chi connectivity index (χ4n) is 6.27. The monoisotopic (exact) mass is 493 g/mol. The van der Waals surface area contributed by atoms with E-state index in [4.69, 9.17) is 4.98 Å². The summed E-state index contributed by atoms with van der Waals surface area (Å²) in [4.78, 5) is 13.6. The number of pyridine rings is 1. The van der Waals surface area contributed by atoms with Crippen molar-refractivity contribution >= 4 is 0 Å². The number of halogens is 4. The van der Waals surface area contributed by atoms with Crippen molar-refractivity contribution in [1.29, 1.82) is 0 Å². The first-order valence-electron chi connectivity index (χ1n) is 12.8. The Kier molecular flexibility index (Phi) is 6.68. The number of imidazole rings is 1. The first-order valence-corrected chi connectivity index (χ1v) is 12.8. The molecule has 5 nitrogen and oxygen atoms in total. The highest BCUT2D eigenvalue weighted by Crippen LogP contribution is 2.62. The molecule has 5 rings (SSSR count). The molecule has 2 aliphatic carbocycles. The average Bonchev–Trinajstić information content (AvgIpc) is 3.10. The van der Waals surface area contributed by atoms with Gasteiger partial charge >= 0.3 is 6.18 Å². The van der Waals surface area contributed by atoms with Gasteiger partial charge in [-0.3, -0.25) is 14.8 Å². The SMILES string of the molecule is Cc1ncc(-c2cn(C3[C@H]4CC(N5CCN(CCF)CC5)C[C@@H]34)c(CC(C)C)n2)cc1C(F)(F)F. The smallest absolute Gasteiger partial charge is 0.331 e. The first kappa shape index (κ1) is 24.7. The van der Waals surface area contributed by atoms with E-state index in [0.717, 1.165) is 51.3 Å². The van der Waals surface area contributed by atoms with Gasteiger partial charge in [-0.1, -0.05) is 13.8 Å². The molecule has 192 valence electrons. The fourth-order valence-corrected chi connectivity index (χ4v) is 6.27. The van der Waals surface area contributed by atoms with Crippen molar-refractivity contribution in [2.24, 2.45) is 17.8 Å². The highest BCUT2D eigenvalue weighted by atomic mass is 19.4. The van der Waals surface area contributed by atoms with Crippen LogP contribution in [-0.2, 0) is 12.6 Å². The van der Waals surface area contributed by atoms with E-state index in [0.29, 0.717) is 47.6 Å². The molecule has 35 heavy (non-hydrogen) atoms. The topological polar surface area (TPSA) is 37.2 Å². The third-order valence-electron chi connectivity index (χ3n) is 8.11. The van der Waals surface area contributed by atoms with Crippen LogP contribution < -0.4 is 0 Å². The molecule has 0 amide bonds. The van der Waals surface area contributed by atoms with Crippen LogP contribution in [0.15, 0.2) is 18.5 Å². The van der Waals surface area contributed by atoms with Crippen LogP contribution in [0.2, 0.25) is 0 Å². The van der Waals surface area contributed by atoms with Crippen LogP contribution in [-0.4, -0.2) is 69.8 Å². The van der Waals surface area contributed by atoms with Gasteiger partial charge in [0.1, 0.15) is 12.5 Å². The molecule has 2 aromatic rings. The molecule has 0 radical (unpaired) electrons. The number of hydrogen-bond acceptors (Lipinski definition) is 4. The number of hydrogen-bond donors (Lipinski definition) is 0. The van der Waals surface area contributed by atoms with Gasteiger partial charge in [0, 0.05) is 74.9 Å². The predicted molar refractivity (Wildman–Crippen MR) is 127 cm³/mol. The average molecular weight is 494 g/mol. The van der Waals surface area contributed by atoms with Gasteiger partial charge in [-0.25, -0.2) is 9.37 Å². The highest BCUT2D eigenvalue weighted by molar-refractivity contribution is 5.59. The molecule has 3 fully saturated rings. The minimum Gasteiger partial charge on any atom is -0.331 e. The summed E-state index contributed by atoms with van der Waals surface area (Å²) in [7, 11) is 0. The Morgan fingerprint density at radius 3 is 2.37 bits per heavy atom. The van der Waals surface area contributed by atoms with E-state index < -0.39 is 11.7 Å². The largest absolute Gasteiger partial charge is 0.418 e. The normalized spacial score (nSPS) is 27.5. The van der Waals surface area contributed by atoms with Crippen LogP contribution in [0.25, 0.3) is 11.3 Å². The van der Waals surface area contributed by atoms with Gasteiger partial charge in [0.2, 0.25) is 0 Å². The van der Waals surface area contributed by atoms with Gasteiger partial charge < -0.3 is 4.57 Å². The second-order valence-corrected chi connectivity index (χ2v) is 10.9. The number of alkyl halides is 4. The summed E-state index contributed by atoms with van der Waals surface area (Å²) < 4.78 is 55.3. The molecular weight excluding hydrogens is 458 g/mol. The Balaban J connectivity index is 1.31. The number of rotatable bonds is 7. The van der Waals surface area contributed by atoms with Crippen LogP contribution >= 0.6 is 0 Å². The molecule has 0 aromatic carbocycles. The van der Waals surface area contributed by atoms with Gasteiger partial charge in [-0.15, -0.1) is 0 Å². The Labute approximate surface area is 204 Å². The third kappa shape index (κ3) is 4.99. The Bertz CT molecular complexity index is 1030. The number of nitrogens with zero attached hydrogens (tertiary/aromatic N) is 5. The molecule has 4 atom stereocenters. The first-order chi connectivity index (χ1) is 16.7. The summed E-state index contributed by atoms with van der Waals surface area (Å²) in [5.41, 5.74) is 0.273. The van der Waals surface area contributed by atoms with Crippen molar-refractivity contribution in [3.05, 3.63) is 35.5 Å². The number of aromatic nitrogens is 3. The minimum absolute atomic E-state index is 0.0172. The second-order valence-electron chi connectivity index (χ2n) is 10.9. The summed E-state index contributed by atoms with van der Waals surface area (Å²) in [5.74, 6) is 2.55. The molecule has 2 unspecified atom stereocenters. The maximum atomic E-state index is 13.5. The fraction of sp³-hybridized carbons (Fsp3) is 0.692. The van der Waals surface area contributed by atoms with E-state index in [2.05, 4.69) is 33.2 Å². The van der Waals surface area contributed by atoms with Crippen molar-refractivity contribution in [3.63, 3.8) is 0 Å². The zero-order valence-electron chi connectivity index (χ0n) is 20.7. The molecule has 3 aliphatic rings. The Hall–Kier alpha value is -2.00. The maximum absolute atomic E-state index is 13.5. The van der Waals surface area contributed by atoms with Gasteiger partial charge in [-0.2, -0.15) is 13.2 Å². The van der Waals surface area contributed by atoms with Crippen molar-refractivity contribution in [2.75, 3.05) is 39.4 Å². The minimum atomic E-state index is -4.43. The van der Waals surface area contributed by atoms with Crippen molar-refractivity contribution in [1.82, 2.24) is 24.3 Å². The standard InChI is InChI=1S/C26H35F4N5/c1-16(2)10-24-32-23(18-11-22(26(28,29)30)17(3)31-14-18)15-35(24)25-20-12-19(13-21(20)25)34-8-6-33(5-4-27)7-9-34/h11,14-16,19-21,25H,4-10,12-13H2,1-3H3/t19?,20-,21+,25?. The summed E-state index contributed by atoms with van der Waals surface area (Å²) >= 11 is 0. The number of aryl methyl sites for hydroxylation is 1. The lowest BCUT2D eigenvalue weighted by atomic mass is 10.1. The van der Waals surface area contributed by atoms with Crippen LogP contribution in [0.5, 0.6) is 0 Å². The highest BCUT2D eigenvalue weighted by Gasteiger charge is 2.58. The van der Waals surface area contributed by atoms with Crippen LogP contribution in [0.4, 0.5) is 17.6 Å². The molecule has 0 bridgehead atoms. The third-order valence-corrected chi connectivity index (χ3v) is 8.11. The zero-order chi connectivity index (χ0) is 24.9. The molecule has 9 heteroatoms. The van der Waals surface area contributed by atoms with Crippen LogP contribution in [0.1, 0.15) is 49.8 Å². The Morgan fingerprint density at radius 1 is 1.09 bits per heavy atom. The second kappa shape index (κ2) is 9.47. The summed E-state index contributed by atoms with van der Waals surface area (Å²) in [6.07, 6.45) is 2.12. The Morgan fingerprint density at radius 2 is 1.77 bits per heavy atom. The van der Waals surface area contributed by atoms with E-state index in [1.54, 1.807) is 0 Å². The summed E-state index contributed by atoms with van der Waals surface area (Å²) in [6, 6.07) is 2.15. The quantitative estimate of drug-likeness (QED) is 0.509. The van der Waals surface area contributed by atoms with Crippen LogP contribution in [0, 0.1) is 24.7 Å². The van der Waals surface area contributed by atoms with E-state index in [-0.39, 0.29) is 12.4 Å². The number of fused-ring (bicyclic) bond motifs is 1. The van der Waals surface area contributed by atoms with Crippen molar-refractivity contribution < 1.29 is 17.6 Å². The molecule has 1 saturated heterocycles. The maximum Gasteiger partial charge on any atom is 0.418 e. The lowest BCUT2D eigenvalue weighted by Gasteiger charge is -2.38. The summed E-state index contributed by atoms with van der Waals surface area (Å²) in [6.45, 7) is 9.80. The summed E-state index contributed by atoms with van der Waals surface area (Å²) in [5, 5.41) is 0. The molecule has 2 aromatic heterocycles. The van der Waals surface area contributed by atoms with E-state index >= 15 is 0 Å². The molecule has 1 aliphatic heterocycles. The van der Waals surface area contributed by atoms with E-state index in [1.807, 2.05) is 6.20 Å². The predicted octanol–water partition coefficient (Wildman–Crippen LogP) is 5.01. The number of piperazine rings is 1. The van der Waals surface area contributed by atoms with E-state index in [9.17, 15) is 17.6 Å². The van der Waals surface area contributed by atoms with Crippen molar-refractivity contribution in [3.8, 4) is 11.3 Å². The lowest BCUT2D eigenvalue weighted by molar-refractivity contribution is -0.138. The van der Waals surface area contributed by atoms with Crippen LogP contribution in [0.3, 0.4) is 0 Å². The molecular formula is C26H35F4N5. The van der Waals surface area contributed by atoms with Crippen molar-refractivity contribution in [2.45, 2.75) is 58.3 Å².